The molecule has 2 heterocycles. The molecule has 1 saturated heterocycles. The van der Waals surface area contributed by atoms with E-state index in [2.05, 4.69) is 10.4 Å². The van der Waals surface area contributed by atoms with Crippen LogP contribution in [-0.2, 0) is 19.3 Å². The third-order valence-corrected chi connectivity index (χ3v) is 7.32. The molecule has 0 aliphatic carbocycles. The van der Waals surface area contributed by atoms with E-state index in [4.69, 9.17) is 5.11 Å². The lowest BCUT2D eigenvalue weighted by atomic mass is 9.99. The summed E-state index contributed by atoms with van der Waals surface area (Å²) in [7, 11) is -2.59. The van der Waals surface area contributed by atoms with Gasteiger partial charge < -0.3 is 10.4 Å². The second-order valence-corrected chi connectivity index (χ2v) is 10.4. The Hall–Kier alpha value is -2.84. The molecule has 0 bridgehead atoms. The highest BCUT2D eigenvalue weighted by Crippen LogP contribution is 2.46. The first-order chi connectivity index (χ1) is 15.9. The number of hydrogen-bond donors (Lipinski definition) is 5. The lowest BCUT2D eigenvalue weighted by molar-refractivity contribution is -0.141. The summed E-state index contributed by atoms with van der Waals surface area (Å²) in [6.07, 6.45) is -4.84. The molecule has 9 nitrogen and oxygen atoms in total. The van der Waals surface area contributed by atoms with Crippen LogP contribution in [0.25, 0.3) is 0 Å². The summed E-state index contributed by atoms with van der Waals surface area (Å²) in [5, 5.41) is 16.7. The highest BCUT2D eigenvalue weighted by atomic mass is 32.3. The topological polar surface area (TPSA) is 137 Å². The number of rotatable bonds is 7. The zero-order valence-electron chi connectivity index (χ0n) is 17.8. The quantitative estimate of drug-likeness (QED) is 0.347. The first-order valence-electron chi connectivity index (χ1n) is 10.3. The van der Waals surface area contributed by atoms with Gasteiger partial charge in [-0.1, -0.05) is 6.07 Å². The van der Waals surface area contributed by atoms with E-state index in [1.54, 1.807) is 0 Å². The van der Waals surface area contributed by atoms with E-state index in [0.29, 0.717) is 25.3 Å². The Balaban J connectivity index is 1.74. The zero-order chi connectivity index (χ0) is 25.1. The van der Waals surface area contributed by atoms with Gasteiger partial charge >= 0.3 is 12.3 Å². The van der Waals surface area contributed by atoms with Crippen molar-refractivity contribution in [1.29, 1.82) is 0 Å². The first-order valence-corrected chi connectivity index (χ1v) is 12.2. The molecular weight excluding hydrogens is 484 g/mol. The molecular formula is C20H24F4N4O5S. The largest absolute Gasteiger partial charge is 0.465 e. The van der Waals surface area contributed by atoms with Crippen LogP contribution < -0.4 is 10.6 Å². The number of halogens is 4. The van der Waals surface area contributed by atoms with Crippen LogP contribution in [0.3, 0.4) is 0 Å². The minimum absolute atomic E-state index is 0.00575. The number of alkyl halides is 3. The lowest BCUT2D eigenvalue weighted by Gasteiger charge is -2.39. The van der Waals surface area contributed by atoms with Crippen LogP contribution in [0.5, 0.6) is 0 Å². The monoisotopic (exact) mass is 508 g/mol. The van der Waals surface area contributed by atoms with Crippen molar-refractivity contribution in [3.63, 3.8) is 0 Å². The lowest BCUT2D eigenvalue weighted by Crippen LogP contribution is -2.27. The fraction of sp³-hybridized carbons (Fsp3) is 0.450. The predicted molar refractivity (Wildman–Crippen MR) is 116 cm³/mol. The molecule has 2 aromatic rings. The Kier molecular flexibility index (Phi) is 7.73. The highest BCUT2D eigenvalue weighted by molar-refractivity contribution is 8.24. The Morgan fingerprint density at radius 3 is 2.50 bits per heavy atom. The summed E-state index contributed by atoms with van der Waals surface area (Å²) >= 11 is 0. The number of hydrogen-bond acceptors (Lipinski definition) is 5. The smallest absolute Gasteiger partial charge is 0.435 e. The summed E-state index contributed by atoms with van der Waals surface area (Å²) < 4.78 is 74.2. The third kappa shape index (κ3) is 6.61. The maximum atomic E-state index is 14.2. The van der Waals surface area contributed by atoms with Crippen molar-refractivity contribution in [3.8, 4) is 0 Å². The molecule has 1 fully saturated rings. The molecule has 2 amide bonds. The van der Waals surface area contributed by atoms with Gasteiger partial charge in [0.25, 0.3) is 5.91 Å². The Bertz CT molecular complexity index is 1050. The molecule has 1 aromatic carbocycles. The van der Waals surface area contributed by atoms with Gasteiger partial charge in [0.2, 0.25) is 0 Å². The van der Waals surface area contributed by atoms with Crippen LogP contribution in [-0.4, -0.2) is 47.5 Å². The molecule has 14 heteroatoms. The number of nitrogens with zero attached hydrogens (tertiary/aromatic N) is 2. The summed E-state index contributed by atoms with van der Waals surface area (Å²) in [6.45, 7) is -0.484. The van der Waals surface area contributed by atoms with Gasteiger partial charge in [-0.15, -0.1) is 0 Å². The van der Waals surface area contributed by atoms with Crippen LogP contribution >= 0.6 is 10.6 Å². The minimum Gasteiger partial charge on any atom is -0.465 e. The van der Waals surface area contributed by atoms with Gasteiger partial charge in [-0.2, -0.15) is 28.9 Å². The number of carbonyl (C=O) groups excluding carboxylic acids is 1. The van der Waals surface area contributed by atoms with Crippen LogP contribution in [0.4, 0.5) is 28.0 Å². The van der Waals surface area contributed by atoms with Crippen LogP contribution in [0, 0.1) is 11.7 Å². The number of carboxylic acid groups (broad SMARTS) is 1. The summed E-state index contributed by atoms with van der Waals surface area (Å²) in [5.74, 6) is -1.25. The Labute approximate surface area is 193 Å². The fourth-order valence-electron chi connectivity index (χ4n) is 3.69. The van der Waals surface area contributed by atoms with Crippen molar-refractivity contribution >= 4 is 28.3 Å². The standard InChI is InChI=1S/C20H24F4N4O5S/c21-14-2-1-3-15(26-19(30)31)13(14)11-25-18(29)16-10-17(20(22,23)24)27-28(16)7-4-12-5-8-34(32,33)9-6-12/h1-3,10,12,26,32-33H,4-9,11H2,(H,25,29)(H,30,31). The summed E-state index contributed by atoms with van der Waals surface area (Å²) in [5.41, 5.74) is -1.92. The number of nitrogens with one attached hydrogen (secondary N) is 2. The molecule has 0 saturated carbocycles. The number of amides is 2. The van der Waals surface area contributed by atoms with Gasteiger partial charge in [-0.05, 0) is 37.3 Å². The van der Waals surface area contributed by atoms with Gasteiger partial charge in [-0.25, -0.2) is 9.18 Å². The number of carbonyl (C=O) groups is 2. The normalized spacial score (nSPS) is 17.2. The SMILES string of the molecule is O=C(O)Nc1cccc(F)c1CNC(=O)c1cc(C(F)(F)F)nn1CCC1CCS(O)(O)CC1. The average Bonchev–Trinajstić information content (AvgIpc) is 3.17. The molecule has 0 radical (unpaired) electrons. The molecule has 1 aliphatic rings. The second kappa shape index (κ2) is 10.2. The molecule has 1 aliphatic heterocycles. The fourth-order valence-corrected chi connectivity index (χ4v) is 5.31. The van der Waals surface area contributed by atoms with Crippen molar-refractivity contribution in [2.75, 3.05) is 16.8 Å². The molecule has 0 unspecified atom stereocenters. The van der Waals surface area contributed by atoms with Gasteiger partial charge in [0, 0.05) is 36.2 Å². The molecule has 188 valence electrons. The highest BCUT2D eigenvalue weighted by Gasteiger charge is 2.36. The van der Waals surface area contributed by atoms with Crippen LogP contribution in [0.2, 0.25) is 0 Å². The van der Waals surface area contributed by atoms with Gasteiger partial charge in [0.15, 0.2) is 5.69 Å². The zero-order valence-corrected chi connectivity index (χ0v) is 18.6. The molecule has 3 rings (SSSR count). The Morgan fingerprint density at radius 2 is 1.88 bits per heavy atom. The van der Waals surface area contributed by atoms with Gasteiger partial charge in [0.1, 0.15) is 11.5 Å². The van der Waals surface area contributed by atoms with Gasteiger partial charge in [-0.3, -0.25) is 23.9 Å². The molecule has 0 atom stereocenters. The number of aromatic nitrogens is 2. The summed E-state index contributed by atoms with van der Waals surface area (Å²) in [6, 6.07) is 4.20. The summed E-state index contributed by atoms with van der Waals surface area (Å²) in [4.78, 5) is 23.6. The van der Waals surface area contributed by atoms with E-state index >= 15 is 0 Å². The maximum absolute atomic E-state index is 14.2. The van der Waals surface area contributed by atoms with Crippen LogP contribution in [0.15, 0.2) is 24.3 Å². The van der Waals surface area contributed by atoms with E-state index in [0.717, 1.165) is 10.7 Å². The molecule has 0 spiro atoms. The van der Waals surface area contributed by atoms with E-state index in [1.807, 2.05) is 5.32 Å². The van der Waals surface area contributed by atoms with E-state index in [9.17, 15) is 36.3 Å². The van der Waals surface area contributed by atoms with Crippen molar-refractivity contribution in [1.82, 2.24) is 15.1 Å². The van der Waals surface area contributed by atoms with Crippen molar-refractivity contribution in [3.05, 3.63) is 47.0 Å². The van der Waals surface area contributed by atoms with E-state index in [-0.39, 0.29) is 40.9 Å². The Morgan fingerprint density at radius 1 is 1.21 bits per heavy atom. The minimum atomic E-state index is -4.79. The molecule has 5 N–H and O–H groups in total. The first kappa shape index (κ1) is 25.8. The molecule has 34 heavy (non-hydrogen) atoms. The predicted octanol–water partition coefficient (Wildman–Crippen LogP) is 4.61. The average molecular weight is 508 g/mol. The van der Waals surface area contributed by atoms with Gasteiger partial charge in [0.05, 0.1) is 5.69 Å². The third-order valence-electron chi connectivity index (χ3n) is 5.54. The maximum Gasteiger partial charge on any atom is 0.435 e. The van der Waals surface area contributed by atoms with E-state index in [1.165, 1.54) is 12.1 Å². The number of benzene rings is 1. The number of anilines is 1. The van der Waals surface area contributed by atoms with Crippen molar-refractivity contribution in [2.45, 2.75) is 38.5 Å². The van der Waals surface area contributed by atoms with Crippen LogP contribution in [0.1, 0.15) is 41.0 Å². The number of aryl methyl sites for hydroxylation is 1. The van der Waals surface area contributed by atoms with Crippen molar-refractivity contribution < 1.29 is 41.4 Å². The van der Waals surface area contributed by atoms with E-state index < -0.39 is 46.8 Å². The van der Waals surface area contributed by atoms with Crippen molar-refractivity contribution in [2.24, 2.45) is 5.92 Å². The molecule has 1 aromatic heterocycles. The second-order valence-electron chi connectivity index (χ2n) is 7.96.